The van der Waals surface area contributed by atoms with E-state index < -0.39 is 5.60 Å². The van der Waals surface area contributed by atoms with Crippen LogP contribution in [0, 0.1) is 0 Å². The molecule has 0 N–H and O–H groups in total. The average Bonchev–Trinajstić information content (AvgIpc) is 1.99. The van der Waals surface area contributed by atoms with Gasteiger partial charge in [-0.15, -0.1) is 0 Å². The molecule has 0 unspecified atom stereocenters. The van der Waals surface area contributed by atoms with Gasteiger partial charge in [0.1, 0.15) is 10.8 Å². The highest BCUT2D eigenvalue weighted by Crippen LogP contribution is 2.10. The summed E-state index contributed by atoms with van der Waals surface area (Å²) in [5.41, 5.74) is 0.159. The lowest BCUT2D eigenvalue weighted by molar-refractivity contribution is -0.153. The average molecular weight is 228 g/mol. The lowest BCUT2D eigenvalue weighted by Gasteiger charge is -2.19. The van der Waals surface area contributed by atoms with E-state index in [1.165, 1.54) is 0 Å². The molecule has 0 aliphatic rings. The number of hydrogen-bond acceptors (Lipinski definition) is 3. The molecule has 1 heterocycles. The number of halogens is 1. The van der Waals surface area contributed by atoms with E-state index in [4.69, 9.17) is 16.3 Å². The van der Waals surface area contributed by atoms with Gasteiger partial charge in [-0.3, -0.25) is 4.79 Å². The Morgan fingerprint density at radius 2 is 2.13 bits per heavy atom. The van der Waals surface area contributed by atoms with Crippen LogP contribution in [0.1, 0.15) is 26.5 Å². The maximum absolute atomic E-state index is 11.4. The van der Waals surface area contributed by atoms with Crippen molar-refractivity contribution >= 4 is 17.6 Å². The molecule has 1 aromatic rings. The number of esters is 1. The lowest BCUT2D eigenvalue weighted by Crippen LogP contribution is -2.25. The van der Waals surface area contributed by atoms with Crippen molar-refractivity contribution in [3.05, 3.63) is 29.0 Å². The zero-order valence-corrected chi connectivity index (χ0v) is 9.84. The van der Waals surface area contributed by atoms with Crippen LogP contribution in [-0.4, -0.2) is 16.6 Å². The molecule has 0 aliphatic heterocycles. The van der Waals surface area contributed by atoms with Gasteiger partial charge < -0.3 is 4.74 Å². The molecule has 0 atom stereocenters. The van der Waals surface area contributed by atoms with E-state index in [-0.39, 0.29) is 12.4 Å². The summed E-state index contributed by atoms with van der Waals surface area (Å²) in [6, 6.07) is 5.17. The molecule has 0 bridgehead atoms. The monoisotopic (exact) mass is 227 g/mol. The van der Waals surface area contributed by atoms with E-state index in [1.807, 2.05) is 20.8 Å². The molecule has 0 amide bonds. The normalized spacial score (nSPS) is 11.2. The Kier molecular flexibility index (Phi) is 3.69. The van der Waals surface area contributed by atoms with E-state index in [2.05, 4.69) is 4.98 Å². The van der Waals surface area contributed by atoms with Gasteiger partial charge in [0, 0.05) is 0 Å². The van der Waals surface area contributed by atoms with Crippen LogP contribution < -0.4 is 0 Å². The van der Waals surface area contributed by atoms with Crippen LogP contribution in [0.15, 0.2) is 18.2 Å². The summed E-state index contributed by atoms with van der Waals surface area (Å²) in [6.07, 6.45) is 0.151. The van der Waals surface area contributed by atoms with Gasteiger partial charge >= 0.3 is 5.97 Å². The summed E-state index contributed by atoms with van der Waals surface area (Å²) in [6.45, 7) is 5.49. The summed E-state index contributed by atoms with van der Waals surface area (Å²) in [7, 11) is 0. The molecule has 0 saturated heterocycles. The van der Waals surface area contributed by atoms with Crippen LogP contribution >= 0.6 is 11.6 Å². The van der Waals surface area contributed by atoms with Crippen molar-refractivity contribution < 1.29 is 9.53 Å². The van der Waals surface area contributed by atoms with Crippen molar-refractivity contribution in [1.29, 1.82) is 0 Å². The summed E-state index contributed by atoms with van der Waals surface area (Å²) < 4.78 is 5.16. The Bertz CT molecular complexity index is 358. The number of rotatable bonds is 2. The van der Waals surface area contributed by atoms with Crippen molar-refractivity contribution in [2.75, 3.05) is 0 Å². The first-order valence-corrected chi connectivity index (χ1v) is 5.08. The summed E-state index contributed by atoms with van der Waals surface area (Å²) in [4.78, 5) is 15.4. The highest BCUT2D eigenvalue weighted by Gasteiger charge is 2.16. The number of ether oxygens (including phenoxy) is 1. The van der Waals surface area contributed by atoms with Crippen molar-refractivity contribution in [3.8, 4) is 0 Å². The van der Waals surface area contributed by atoms with Gasteiger partial charge in [-0.25, -0.2) is 4.98 Å². The second-order valence-corrected chi connectivity index (χ2v) is 4.60. The van der Waals surface area contributed by atoms with Crippen molar-refractivity contribution in [1.82, 2.24) is 4.98 Å². The zero-order valence-electron chi connectivity index (χ0n) is 9.08. The maximum atomic E-state index is 11.4. The minimum absolute atomic E-state index is 0.151. The maximum Gasteiger partial charge on any atom is 0.312 e. The molecular formula is C11H14ClNO2. The number of carbonyl (C=O) groups is 1. The van der Waals surface area contributed by atoms with Gasteiger partial charge in [0.05, 0.1) is 12.1 Å². The van der Waals surface area contributed by atoms with Crippen LogP contribution in [0.4, 0.5) is 0 Å². The summed E-state index contributed by atoms with van der Waals surface area (Å²) in [5, 5.41) is 0.385. The number of aromatic nitrogens is 1. The molecule has 0 fully saturated rings. The second kappa shape index (κ2) is 4.62. The predicted molar refractivity (Wildman–Crippen MR) is 58.8 cm³/mol. The van der Waals surface area contributed by atoms with E-state index in [0.29, 0.717) is 10.8 Å². The molecule has 4 heteroatoms. The molecule has 1 aromatic heterocycles. The highest BCUT2D eigenvalue weighted by molar-refractivity contribution is 6.29. The Labute approximate surface area is 94.4 Å². The largest absolute Gasteiger partial charge is 0.460 e. The minimum atomic E-state index is -0.463. The van der Waals surface area contributed by atoms with Gasteiger partial charge in [0.2, 0.25) is 0 Å². The Morgan fingerprint density at radius 1 is 1.47 bits per heavy atom. The van der Waals surface area contributed by atoms with Crippen LogP contribution in [0.2, 0.25) is 5.15 Å². The van der Waals surface area contributed by atoms with Gasteiger partial charge in [-0.1, -0.05) is 17.7 Å². The predicted octanol–water partition coefficient (Wildman–Crippen LogP) is 2.62. The first-order valence-electron chi connectivity index (χ1n) is 4.70. The SMILES string of the molecule is CC(C)(C)OC(=O)Cc1cccc(Cl)n1. The number of nitrogens with zero attached hydrogens (tertiary/aromatic N) is 1. The van der Waals surface area contributed by atoms with Gasteiger partial charge in [0.25, 0.3) is 0 Å². The van der Waals surface area contributed by atoms with Crippen LogP contribution in [-0.2, 0) is 16.0 Å². The lowest BCUT2D eigenvalue weighted by atomic mass is 10.2. The summed E-state index contributed by atoms with van der Waals surface area (Å²) >= 11 is 5.70. The summed E-state index contributed by atoms with van der Waals surface area (Å²) in [5.74, 6) is -0.294. The van der Waals surface area contributed by atoms with Crippen LogP contribution in [0.5, 0.6) is 0 Å². The Hall–Kier alpha value is -1.09. The molecular weight excluding hydrogens is 214 g/mol. The molecule has 0 spiro atoms. The molecule has 0 aromatic carbocycles. The molecule has 82 valence electrons. The van der Waals surface area contributed by atoms with Crippen molar-refractivity contribution in [2.24, 2.45) is 0 Å². The standard InChI is InChI=1S/C11H14ClNO2/c1-11(2,3)15-10(14)7-8-5-4-6-9(12)13-8/h4-6H,7H2,1-3H3. The molecule has 3 nitrogen and oxygen atoms in total. The Morgan fingerprint density at radius 3 is 2.67 bits per heavy atom. The zero-order chi connectivity index (χ0) is 11.5. The third-order valence-corrected chi connectivity index (χ3v) is 1.73. The third-order valence-electron chi connectivity index (χ3n) is 1.52. The second-order valence-electron chi connectivity index (χ2n) is 4.21. The molecule has 15 heavy (non-hydrogen) atoms. The van der Waals surface area contributed by atoms with Gasteiger partial charge in [0.15, 0.2) is 0 Å². The fourth-order valence-electron chi connectivity index (χ4n) is 1.07. The quantitative estimate of drug-likeness (QED) is 0.576. The first kappa shape index (κ1) is 12.0. The molecule has 0 radical (unpaired) electrons. The van der Waals surface area contributed by atoms with Gasteiger partial charge in [-0.05, 0) is 32.9 Å². The fourth-order valence-corrected chi connectivity index (χ4v) is 1.26. The number of pyridine rings is 1. The van der Waals surface area contributed by atoms with E-state index in [1.54, 1.807) is 18.2 Å². The van der Waals surface area contributed by atoms with Crippen molar-refractivity contribution in [3.63, 3.8) is 0 Å². The van der Waals surface area contributed by atoms with E-state index in [0.717, 1.165) is 0 Å². The number of hydrogen-bond donors (Lipinski definition) is 0. The van der Waals surface area contributed by atoms with E-state index >= 15 is 0 Å². The van der Waals surface area contributed by atoms with Crippen LogP contribution in [0.3, 0.4) is 0 Å². The minimum Gasteiger partial charge on any atom is -0.460 e. The first-order chi connectivity index (χ1) is 6.87. The third kappa shape index (κ3) is 4.79. The molecule has 0 saturated carbocycles. The highest BCUT2D eigenvalue weighted by atomic mass is 35.5. The molecule has 1 rings (SSSR count). The molecule has 0 aliphatic carbocycles. The van der Waals surface area contributed by atoms with Gasteiger partial charge in [-0.2, -0.15) is 0 Å². The fraction of sp³-hybridized carbons (Fsp3) is 0.455. The van der Waals surface area contributed by atoms with E-state index in [9.17, 15) is 4.79 Å². The van der Waals surface area contributed by atoms with Crippen molar-refractivity contribution in [2.45, 2.75) is 32.8 Å². The smallest absolute Gasteiger partial charge is 0.312 e. The van der Waals surface area contributed by atoms with Crippen LogP contribution in [0.25, 0.3) is 0 Å². The Balaban J connectivity index is 2.59. The topological polar surface area (TPSA) is 39.2 Å². The number of carbonyl (C=O) groups excluding carboxylic acids is 1.